The fraction of sp³-hybridized carbons (Fsp3) is 0.650. The monoisotopic (exact) mass is 702 g/mol. The SMILES string of the molecule is CC.CCC.CCN(CC)C(=S)SCCCCCC1(CCCCCSC(=S)N(CC)CC)c2cc(C)ccc2-c2ccc(C)cc21. The molecule has 46 heavy (non-hydrogen) atoms. The molecule has 1 aliphatic carbocycles. The minimum absolute atomic E-state index is 0.121. The Kier molecular flexibility index (Phi) is 22.5. The number of nitrogens with zero attached hydrogens (tertiary/aromatic N) is 2. The van der Waals surface area contributed by atoms with Crippen LogP contribution >= 0.6 is 48.0 Å². The average Bonchev–Trinajstić information content (AvgIpc) is 3.30. The van der Waals surface area contributed by atoms with Crippen molar-refractivity contribution >= 4 is 56.6 Å². The molecule has 0 atom stereocenters. The fourth-order valence-corrected chi connectivity index (χ4v) is 9.21. The zero-order chi connectivity index (χ0) is 34.5. The molecule has 0 saturated heterocycles. The summed E-state index contributed by atoms with van der Waals surface area (Å²) < 4.78 is 2.12. The van der Waals surface area contributed by atoms with Gasteiger partial charge in [0, 0.05) is 43.1 Å². The molecule has 3 rings (SSSR count). The van der Waals surface area contributed by atoms with Crippen molar-refractivity contribution in [3.05, 3.63) is 58.7 Å². The Hall–Kier alpha value is -1.08. The Morgan fingerprint density at radius 1 is 0.587 bits per heavy atom. The quantitative estimate of drug-likeness (QED) is 0.126. The van der Waals surface area contributed by atoms with Crippen LogP contribution in [0.1, 0.15) is 135 Å². The largest absolute Gasteiger partial charge is 0.358 e. The van der Waals surface area contributed by atoms with Gasteiger partial charge in [-0.3, -0.25) is 0 Å². The number of hydrogen-bond donors (Lipinski definition) is 0. The number of fused-ring (bicyclic) bond motifs is 3. The van der Waals surface area contributed by atoms with E-state index in [2.05, 4.69) is 102 Å². The highest BCUT2D eigenvalue weighted by molar-refractivity contribution is 8.23. The van der Waals surface area contributed by atoms with E-state index >= 15 is 0 Å². The first-order valence-electron chi connectivity index (χ1n) is 18.3. The lowest BCUT2D eigenvalue weighted by Crippen LogP contribution is -2.27. The normalized spacial score (nSPS) is 12.2. The minimum atomic E-state index is 0.121. The lowest BCUT2D eigenvalue weighted by Gasteiger charge is -2.33. The van der Waals surface area contributed by atoms with Gasteiger partial charge in [-0.25, -0.2) is 0 Å². The number of thiocarbonyl (C=S) groups is 2. The van der Waals surface area contributed by atoms with Crippen LogP contribution < -0.4 is 0 Å². The van der Waals surface area contributed by atoms with Gasteiger partial charge < -0.3 is 9.80 Å². The van der Waals surface area contributed by atoms with E-state index in [1.54, 1.807) is 11.1 Å². The zero-order valence-electron chi connectivity index (χ0n) is 31.1. The van der Waals surface area contributed by atoms with E-state index in [0.29, 0.717) is 0 Å². The number of unbranched alkanes of at least 4 members (excludes halogenated alkanes) is 4. The van der Waals surface area contributed by atoms with Crippen LogP contribution in [-0.4, -0.2) is 56.1 Å². The molecule has 1 aliphatic rings. The minimum Gasteiger partial charge on any atom is -0.358 e. The molecule has 0 aliphatic heterocycles. The maximum Gasteiger partial charge on any atom is 0.136 e. The van der Waals surface area contributed by atoms with Crippen LogP contribution in [0, 0.1) is 13.8 Å². The Balaban J connectivity index is 0.00000199. The van der Waals surface area contributed by atoms with Gasteiger partial charge in [0.05, 0.1) is 0 Å². The Morgan fingerprint density at radius 3 is 1.26 bits per heavy atom. The molecule has 0 amide bonds. The molecule has 0 spiro atoms. The molecule has 0 aromatic heterocycles. The summed E-state index contributed by atoms with van der Waals surface area (Å²) in [5.74, 6) is 2.25. The van der Waals surface area contributed by atoms with E-state index in [-0.39, 0.29) is 5.41 Å². The second kappa shape index (κ2) is 24.1. The van der Waals surface area contributed by atoms with Crippen LogP contribution in [0.15, 0.2) is 36.4 Å². The van der Waals surface area contributed by atoms with Crippen LogP contribution in [0.4, 0.5) is 0 Å². The maximum absolute atomic E-state index is 5.66. The first kappa shape index (κ1) is 42.9. The van der Waals surface area contributed by atoms with Crippen molar-refractivity contribution in [2.24, 2.45) is 0 Å². The smallest absolute Gasteiger partial charge is 0.136 e. The second-order valence-corrected chi connectivity index (χ2v) is 15.5. The van der Waals surface area contributed by atoms with Crippen molar-refractivity contribution in [3.63, 3.8) is 0 Å². The summed E-state index contributed by atoms with van der Waals surface area (Å²) in [5, 5.41) is 0. The average molecular weight is 703 g/mol. The third kappa shape index (κ3) is 12.7. The van der Waals surface area contributed by atoms with E-state index in [1.165, 1.54) is 80.0 Å². The molecule has 2 nitrogen and oxygen atoms in total. The highest BCUT2D eigenvalue weighted by Crippen LogP contribution is 2.54. The molecule has 0 heterocycles. The summed E-state index contributed by atoms with van der Waals surface area (Å²) in [7, 11) is 0. The van der Waals surface area contributed by atoms with Crippen molar-refractivity contribution in [2.45, 2.75) is 132 Å². The molecule has 0 bridgehead atoms. The van der Waals surface area contributed by atoms with Crippen LogP contribution in [0.5, 0.6) is 0 Å². The fourth-order valence-electron chi connectivity index (χ4n) is 6.26. The molecular weight excluding hydrogens is 637 g/mol. The molecule has 0 radical (unpaired) electrons. The number of aryl methyl sites for hydroxylation is 2. The van der Waals surface area contributed by atoms with Gasteiger partial charge in [0.2, 0.25) is 0 Å². The highest BCUT2D eigenvalue weighted by Gasteiger charge is 2.42. The molecule has 0 saturated carbocycles. The topological polar surface area (TPSA) is 6.48 Å². The summed E-state index contributed by atoms with van der Waals surface area (Å²) in [4.78, 5) is 4.59. The lowest BCUT2D eigenvalue weighted by atomic mass is 9.70. The van der Waals surface area contributed by atoms with Crippen LogP contribution in [0.25, 0.3) is 11.1 Å². The predicted octanol–water partition coefficient (Wildman–Crippen LogP) is 12.9. The summed E-state index contributed by atoms with van der Waals surface area (Å²) >= 11 is 15.1. The number of thioether (sulfide) groups is 2. The van der Waals surface area contributed by atoms with Crippen LogP contribution in [0.2, 0.25) is 0 Å². The molecule has 2 aromatic rings. The van der Waals surface area contributed by atoms with Crippen LogP contribution in [-0.2, 0) is 5.41 Å². The van der Waals surface area contributed by atoms with Crippen molar-refractivity contribution in [1.29, 1.82) is 0 Å². The number of rotatable bonds is 16. The van der Waals surface area contributed by atoms with Crippen molar-refractivity contribution in [3.8, 4) is 11.1 Å². The van der Waals surface area contributed by atoms with E-state index in [1.807, 2.05) is 37.4 Å². The Labute approximate surface area is 304 Å². The lowest BCUT2D eigenvalue weighted by molar-refractivity contribution is 0.405. The van der Waals surface area contributed by atoms with E-state index in [9.17, 15) is 0 Å². The van der Waals surface area contributed by atoms with Gasteiger partial charge in [-0.2, -0.15) is 0 Å². The van der Waals surface area contributed by atoms with Gasteiger partial charge in [0.15, 0.2) is 0 Å². The van der Waals surface area contributed by atoms with Crippen molar-refractivity contribution < 1.29 is 0 Å². The standard InChI is InChI=1S/C35H52N2S4.C3H8.C2H6/c1-7-36(8-2)33(38)40-23-15-11-13-21-35(22-14-12-16-24-41-34(39)37(9-3)10-4)31-25-27(5)17-19-29(31)30-20-18-28(6)26-32(30)35;1-3-2;1-2/h17-20,25-26H,7-16,21-24H2,1-6H3;3H2,1-2H3;1-2H3. The van der Waals surface area contributed by atoms with Crippen molar-refractivity contribution in [1.82, 2.24) is 9.80 Å². The second-order valence-electron chi connectivity index (χ2n) is 12.1. The third-order valence-corrected chi connectivity index (χ3v) is 11.9. The van der Waals surface area contributed by atoms with Gasteiger partial charge in [-0.05, 0) is 89.5 Å². The molecule has 0 fully saturated rings. The maximum atomic E-state index is 5.66. The van der Waals surface area contributed by atoms with E-state index < -0.39 is 0 Å². The van der Waals surface area contributed by atoms with Gasteiger partial charge in [0.25, 0.3) is 0 Å². The first-order valence-corrected chi connectivity index (χ1v) is 21.1. The van der Waals surface area contributed by atoms with E-state index in [4.69, 9.17) is 24.4 Å². The van der Waals surface area contributed by atoms with Gasteiger partial charge in [-0.1, -0.05) is 155 Å². The Morgan fingerprint density at radius 2 is 0.935 bits per heavy atom. The first-order chi connectivity index (χ1) is 22.2. The van der Waals surface area contributed by atoms with Gasteiger partial charge >= 0.3 is 0 Å². The molecule has 2 aromatic carbocycles. The number of hydrogen-bond acceptors (Lipinski definition) is 4. The van der Waals surface area contributed by atoms with Gasteiger partial charge in [-0.15, -0.1) is 0 Å². The van der Waals surface area contributed by atoms with E-state index in [0.717, 1.165) is 46.3 Å². The summed E-state index contributed by atoms with van der Waals surface area (Å²) in [6.45, 7) is 25.5. The molecule has 6 heteroatoms. The molecular formula is C40H66N2S4. The Bertz CT molecular complexity index is 1060. The third-order valence-electron chi connectivity index (χ3n) is 8.66. The van der Waals surface area contributed by atoms with Crippen molar-refractivity contribution in [2.75, 3.05) is 37.7 Å². The molecule has 0 unspecified atom stereocenters. The predicted molar refractivity (Wildman–Crippen MR) is 222 cm³/mol. The molecule has 0 N–H and O–H groups in total. The molecule has 260 valence electrons. The summed E-state index contributed by atoms with van der Waals surface area (Å²) in [5.41, 5.74) is 8.95. The zero-order valence-corrected chi connectivity index (χ0v) is 34.4. The van der Waals surface area contributed by atoms with Crippen LogP contribution in [0.3, 0.4) is 0 Å². The summed E-state index contributed by atoms with van der Waals surface area (Å²) in [6.07, 6.45) is 11.2. The highest BCUT2D eigenvalue weighted by atomic mass is 32.2. The van der Waals surface area contributed by atoms with Gasteiger partial charge in [0.1, 0.15) is 8.64 Å². The number of benzene rings is 2. The summed E-state index contributed by atoms with van der Waals surface area (Å²) in [6, 6.07) is 14.4.